The molecule has 9 nitrogen and oxygen atoms in total. The first-order valence-electron chi connectivity index (χ1n) is 13.0. The molecule has 0 saturated heterocycles. The van der Waals surface area contributed by atoms with Crippen molar-refractivity contribution in [1.29, 1.82) is 0 Å². The summed E-state index contributed by atoms with van der Waals surface area (Å²) in [7, 11) is 1.51. The summed E-state index contributed by atoms with van der Waals surface area (Å²) in [6.45, 7) is 4.98. The molecule has 1 aromatic heterocycles. The Morgan fingerprint density at radius 2 is 1.62 bits per heavy atom. The van der Waals surface area contributed by atoms with Gasteiger partial charge in [0.05, 0.1) is 24.9 Å². The Hall–Kier alpha value is -4.92. The SMILES string of the molecule is COc1ccc(CC(=O)N(CC(=O)Nc2nc(-c3ccccc3)cn2-c2ccccc2)C(C)C)cc1NC(C)=O. The van der Waals surface area contributed by atoms with Gasteiger partial charge in [-0.25, -0.2) is 4.98 Å². The van der Waals surface area contributed by atoms with Gasteiger partial charge in [0.25, 0.3) is 0 Å². The van der Waals surface area contributed by atoms with Crippen molar-refractivity contribution in [3.63, 3.8) is 0 Å². The molecule has 206 valence electrons. The number of imidazole rings is 1. The molecule has 0 atom stereocenters. The number of anilines is 2. The third-order valence-electron chi connectivity index (χ3n) is 6.25. The van der Waals surface area contributed by atoms with Crippen molar-refractivity contribution < 1.29 is 19.1 Å². The van der Waals surface area contributed by atoms with Gasteiger partial charge in [0.2, 0.25) is 23.7 Å². The molecule has 4 rings (SSSR count). The molecule has 0 spiro atoms. The maximum atomic E-state index is 13.3. The highest BCUT2D eigenvalue weighted by Crippen LogP contribution is 2.27. The molecule has 0 saturated carbocycles. The van der Waals surface area contributed by atoms with Gasteiger partial charge in [0.1, 0.15) is 12.3 Å². The normalized spacial score (nSPS) is 10.7. The van der Waals surface area contributed by atoms with Gasteiger partial charge >= 0.3 is 0 Å². The molecular formula is C31H33N5O4. The van der Waals surface area contributed by atoms with Crippen LogP contribution in [0.3, 0.4) is 0 Å². The van der Waals surface area contributed by atoms with Gasteiger partial charge in [-0.15, -0.1) is 0 Å². The predicted octanol–water partition coefficient (Wildman–Crippen LogP) is 4.92. The minimum atomic E-state index is -0.363. The highest BCUT2D eigenvalue weighted by Gasteiger charge is 2.22. The Labute approximate surface area is 233 Å². The number of ether oxygens (including phenoxy) is 1. The number of benzene rings is 3. The number of aromatic nitrogens is 2. The lowest BCUT2D eigenvalue weighted by Crippen LogP contribution is -2.43. The quantitative estimate of drug-likeness (QED) is 0.298. The summed E-state index contributed by atoms with van der Waals surface area (Å²) in [5.74, 6) is 0.0294. The zero-order valence-electron chi connectivity index (χ0n) is 23.0. The molecule has 0 aliphatic carbocycles. The lowest BCUT2D eigenvalue weighted by molar-refractivity contribution is -0.135. The second-order valence-electron chi connectivity index (χ2n) is 9.58. The Morgan fingerprint density at radius 3 is 2.25 bits per heavy atom. The van der Waals surface area contributed by atoms with E-state index in [0.717, 1.165) is 11.3 Å². The number of hydrogen-bond donors (Lipinski definition) is 2. The number of methoxy groups -OCH3 is 1. The van der Waals surface area contributed by atoms with E-state index in [-0.39, 0.29) is 36.7 Å². The summed E-state index contributed by atoms with van der Waals surface area (Å²) in [6, 6.07) is 24.3. The zero-order chi connectivity index (χ0) is 28.6. The number of nitrogens with one attached hydrogen (secondary N) is 2. The molecule has 0 radical (unpaired) electrons. The predicted molar refractivity (Wildman–Crippen MR) is 155 cm³/mol. The maximum Gasteiger partial charge on any atom is 0.246 e. The van der Waals surface area contributed by atoms with Crippen LogP contribution >= 0.6 is 0 Å². The van der Waals surface area contributed by atoms with Crippen LogP contribution in [0.25, 0.3) is 16.9 Å². The molecule has 4 aromatic rings. The third-order valence-corrected chi connectivity index (χ3v) is 6.25. The minimum absolute atomic E-state index is 0.0544. The van der Waals surface area contributed by atoms with E-state index >= 15 is 0 Å². The fraction of sp³-hybridized carbons (Fsp3) is 0.226. The van der Waals surface area contributed by atoms with Crippen molar-refractivity contribution in [1.82, 2.24) is 14.5 Å². The van der Waals surface area contributed by atoms with E-state index < -0.39 is 0 Å². The second-order valence-corrected chi connectivity index (χ2v) is 9.58. The lowest BCUT2D eigenvalue weighted by Gasteiger charge is -2.26. The highest BCUT2D eigenvalue weighted by molar-refractivity contribution is 5.94. The standard InChI is InChI=1S/C31H33N5O4/c1-21(2)35(30(39)18-23-15-16-28(40-4)26(17-23)32-22(3)37)20-29(38)34-31-33-27(24-11-7-5-8-12-24)19-36(31)25-13-9-6-10-14-25/h5-17,19,21H,18,20H2,1-4H3,(H,32,37)(H,33,34,38). The maximum absolute atomic E-state index is 13.3. The van der Waals surface area contributed by atoms with Crippen molar-refractivity contribution in [2.45, 2.75) is 33.2 Å². The van der Waals surface area contributed by atoms with E-state index in [1.807, 2.05) is 85.3 Å². The van der Waals surface area contributed by atoms with E-state index in [4.69, 9.17) is 9.72 Å². The van der Waals surface area contributed by atoms with Crippen LogP contribution in [0.4, 0.5) is 11.6 Å². The average Bonchev–Trinajstić information content (AvgIpc) is 3.36. The van der Waals surface area contributed by atoms with Gasteiger partial charge in [-0.05, 0) is 43.7 Å². The van der Waals surface area contributed by atoms with E-state index in [0.29, 0.717) is 28.6 Å². The summed E-state index contributed by atoms with van der Waals surface area (Å²) in [5, 5.41) is 5.62. The van der Waals surface area contributed by atoms with Crippen LogP contribution in [0.1, 0.15) is 26.3 Å². The van der Waals surface area contributed by atoms with Crippen LogP contribution in [-0.2, 0) is 20.8 Å². The van der Waals surface area contributed by atoms with E-state index in [2.05, 4.69) is 10.6 Å². The Kier molecular flexibility index (Phi) is 8.96. The fourth-order valence-corrected chi connectivity index (χ4v) is 4.31. The summed E-state index contributed by atoms with van der Waals surface area (Å²) in [6.07, 6.45) is 1.93. The molecule has 1 heterocycles. The average molecular weight is 540 g/mol. The van der Waals surface area contributed by atoms with Gasteiger partial charge in [0.15, 0.2) is 0 Å². The van der Waals surface area contributed by atoms with Gasteiger partial charge in [-0.3, -0.25) is 24.3 Å². The molecule has 2 N–H and O–H groups in total. The molecule has 0 aliphatic heterocycles. The molecule has 0 unspecified atom stereocenters. The van der Waals surface area contributed by atoms with Crippen LogP contribution in [0.2, 0.25) is 0 Å². The number of nitrogens with zero attached hydrogens (tertiary/aromatic N) is 3. The van der Waals surface area contributed by atoms with Gasteiger partial charge in [-0.2, -0.15) is 0 Å². The summed E-state index contributed by atoms with van der Waals surface area (Å²) in [4.78, 5) is 44.4. The number of para-hydroxylation sites is 1. The smallest absolute Gasteiger partial charge is 0.246 e. The molecule has 0 bridgehead atoms. The molecule has 3 aromatic carbocycles. The first kappa shape index (κ1) is 28.1. The van der Waals surface area contributed by atoms with Crippen LogP contribution in [-0.4, -0.2) is 51.9 Å². The number of rotatable bonds is 10. The molecule has 9 heteroatoms. The Balaban J connectivity index is 1.53. The van der Waals surface area contributed by atoms with Gasteiger partial charge in [0, 0.05) is 30.4 Å². The van der Waals surface area contributed by atoms with Crippen molar-refractivity contribution in [3.8, 4) is 22.7 Å². The lowest BCUT2D eigenvalue weighted by atomic mass is 10.1. The Bertz CT molecular complexity index is 1480. The van der Waals surface area contributed by atoms with E-state index in [1.54, 1.807) is 18.2 Å². The van der Waals surface area contributed by atoms with Crippen molar-refractivity contribution in [2.75, 3.05) is 24.3 Å². The van der Waals surface area contributed by atoms with E-state index in [9.17, 15) is 14.4 Å². The fourth-order valence-electron chi connectivity index (χ4n) is 4.31. The van der Waals surface area contributed by atoms with Crippen molar-refractivity contribution >= 4 is 29.4 Å². The second kappa shape index (κ2) is 12.8. The monoisotopic (exact) mass is 539 g/mol. The van der Waals surface area contributed by atoms with Crippen molar-refractivity contribution in [3.05, 3.63) is 90.6 Å². The van der Waals surface area contributed by atoms with Crippen molar-refractivity contribution in [2.24, 2.45) is 0 Å². The number of amides is 3. The molecule has 0 fully saturated rings. The molecule has 40 heavy (non-hydrogen) atoms. The van der Waals surface area contributed by atoms with E-state index in [1.165, 1.54) is 18.9 Å². The third kappa shape index (κ3) is 6.93. The minimum Gasteiger partial charge on any atom is -0.495 e. The topological polar surface area (TPSA) is 106 Å². The highest BCUT2D eigenvalue weighted by atomic mass is 16.5. The number of carbonyl (C=O) groups is 3. The first-order valence-corrected chi connectivity index (χ1v) is 13.0. The van der Waals surface area contributed by atoms with Gasteiger partial charge < -0.3 is 15.0 Å². The van der Waals surface area contributed by atoms with Crippen LogP contribution < -0.4 is 15.4 Å². The first-order chi connectivity index (χ1) is 19.2. The van der Waals surface area contributed by atoms with Crippen LogP contribution in [0, 0.1) is 0 Å². The summed E-state index contributed by atoms with van der Waals surface area (Å²) >= 11 is 0. The summed E-state index contributed by atoms with van der Waals surface area (Å²) in [5.41, 5.74) is 3.65. The molecule has 3 amide bonds. The zero-order valence-corrected chi connectivity index (χ0v) is 23.0. The summed E-state index contributed by atoms with van der Waals surface area (Å²) < 4.78 is 7.12. The largest absolute Gasteiger partial charge is 0.495 e. The van der Waals surface area contributed by atoms with Crippen LogP contribution in [0.5, 0.6) is 5.75 Å². The Morgan fingerprint density at radius 1 is 0.950 bits per heavy atom. The molecular weight excluding hydrogens is 506 g/mol. The number of hydrogen-bond acceptors (Lipinski definition) is 5. The number of carbonyl (C=O) groups excluding carboxylic acids is 3. The van der Waals surface area contributed by atoms with Crippen LogP contribution in [0.15, 0.2) is 85.1 Å². The molecule has 0 aliphatic rings. The van der Waals surface area contributed by atoms with Gasteiger partial charge in [-0.1, -0.05) is 54.6 Å².